The molecule has 1 fully saturated rings. The Morgan fingerprint density at radius 2 is 1.67 bits per heavy atom. The molecule has 36 heavy (non-hydrogen) atoms. The van der Waals surface area contributed by atoms with Gasteiger partial charge in [-0.25, -0.2) is 4.57 Å². The van der Waals surface area contributed by atoms with Gasteiger partial charge in [-0.15, -0.1) is 0 Å². The normalized spacial score (nSPS) is 24.4. The van der Waals surface area contributed by atoms with Crippen LogP contribution in [-0.4, -0.2) is 99.9 Å². The fourth-order valence-electron chi connectivity index (χ4n) is 3.67. The van der Waals surface area contributed by atoms with E-state index in [2.05, 4.69) is 10.6 Å². The van der Waals surface area contributed by atoms with Gasteiger partial charge in [0.15, 0.2) is 11.5 Å². The third-order valence-corrected chi connectivity index (χ3v) is 6.00. The second kappa shape index (κ2) is 13.1. The maximum atomic E-state index is 11.0. The van der Waals surface area contributed by atoms with E-state index in [1.807, 2.05) is 0 Å². The molecular weight excluding hydrogens is 504 g/mol. The summed E-state index contributed by atoms with van der Waals surface area (Å²) in [5, 5.41) is 40.3. The van der Waals surface area contributed by atoms with E-state index in [0.717, 1.165) is 0 Å². The molecule has 1 saturated heterocycles. The molecule has 13 heteroatoms. The van der Waals surface area contributed by atoms with Crippen molar-refractivity contribution in [3.8, 4) is 17.6 Å². The van der Waals surface area contributed by atoms with Crippen LogP contribution in [0.15, 0.2) is 42.5 Å². The average Bonchev–Trinajstić information content (AvgIpc) is 2.85. The van der Waals surface area contributed by atoms with Crippen LogP contribution in [0.25, 0.3) is 11.6 Å². The van der Waals surface area contributed by atoms with Crippen molar-refractivity contribution in [1.29, 1.82) is 5.26 Å². The molecule has 1 aliphatic heterocycles. The molecule has 11 nitrogen and oxygen atoms in total. The van der Waals surface area contributed by atoms with E-state index < -0.39 is 44.9 Å². The Morgan fingerprint density at radius 1 is 1.03 bits per heavy atom. The van der Waals surface area contributed by atoms with Crippen molar-refractivity contribution in [1.82, 2.24) is 0 Å². The third-order valence-electron chi connectivity index (χ3n) is 5.51. The molecule has 0 saturated carbocycles. The minimum absolute atomic E-state index is 0. The molecule has 3 rings (SSSR count). The Kier molecular flexibility index (Phi) is 11.1. The molecule has 2 aromatic carbocycles. The van der Waals surface area contributed by atoms with Crippen molar-refractivity contribution in [3.63, 3.8) is 0 Å². The van der Waals surface area contributed by atoms with Crippen molar-refractivity contribution in [2.24, 2.45) is 0 Å². The molecular formula is C23H27NNaO10P. The zero-order chi connectivity index (χ0) is 25.8. The Bertz CT molecular complexity index is 1150. The topological polar surface area (TPSA) is 179 Å². The molecule has 0 aliphatic carbocycles. The maximum absolute atomic E-state index is 11.0. The molecule has 2 aromatic rings. The van der Waals surface area contributed by atoms with Crippen molar-refractivity contribution in [2.45, 2.75) is 30.5 Å². The quantitative estimate of drug-likeness (QED) is 0.140. The number of ether oxygens (including phenoxy) is 3. The number of methoxy groups -OCH3 is 2. The van der Waals surface area contributed by atoms with Gasteiger partial charge in [-0.2, -0.15) is 5.26 Å². The van der Waals surface area contributed by atoms with Crippen LogP contribution in [0.4, 0.5) is 0 Å². The van der Waals surface area contributed by atoms with E-state index in [4.69, 9.17) is 24.0 Å². The summed E-state index contributed by atoms with van der Waals surface area (Å²) in [5.74, 6) is 1.00. The van der Waals surface area contributed by atoms with Gasteiger partial charge in [0, 0.05) is 0 Å². The zero-order valence-electron chi connectivity index (χ0n) is 18.9. The van der Waals surface area contributed by atoms with Gasteiger partial charge in [-0.05, 0) is 41.0 Å². The van der Waals surface area contributed by atoms with Crippen LogP contribution in [-0.2, 0) is 13.8 Å². The van der Waals surface area contributed by atoms with Gasteiger partial charge in [0.05, 0.1) is 32.5 Å². The van der Waals surface area contributed by atoms with Gasteiger partial charge < -0.3 is 39.3 Å². The number of allylic oxidation sites excluding steroid dienone is 1. The summed E-state index contributed by atoms with van der Waals surface area (Å²) < 4.78 is 31.5. The Hall–Kier alpha value is -1.78. The Balaban J connectivity index is 0.00000456. The first-order valence-corrected chi connectivity index (χ1v) is 11.9. The number of aliphatic hydroxyl groups is 3. The first kappa shape index (κ1) is 30.4. The number of phosphoric acid groups is 1. The number of nitriles is 1. The van der Waals surface area contributed by atoms with Crippen LogP contribution in [0, 0.1) is 11.3 Å². The Labute approximate surface area is 230 Å². The van der Waals surface area contributed by atoms with Gasteiger partial charge in [0.2, 0.25) is 0 Å². The predicted molar refractivity (Wildman–Crippen MR) is 130 cm³/mol. The van der Waals surface area contributed by atoms with Gasteiger partial charge >= 0.3 is 37.4 Å². The molecule has 190 valence electrons. The standard InChI is InChI=1S/C23H26NO10P.Na.H/c1-31-17-8-7-15(10-18(17)32-2)16(11-24)9-13-3-5-14(6-4-13)23-22(27)21(26)20(25)19(34-23)12-33-35(28,29)30;;/h3-10,19-23,25-27H,12H2,1-2H3,(H2,28,29,30);;/b16-9+;;/t19-,20-,21+,22-,23+;;/m1../s1. The van der Waals surface area contributed by atoms with Crippen LogP contribution in [0.5, 0.6) is 11.5 Å². The fourth-order valence-corrected chi connectivity index (χ4v) is 4.01. The molecule has 1 heterocycles. The summed E-state index contributed by atoms with van der Waals surface area (Å²) >= 11 is 0. The van der Waals surface area contributed by atoms with Crippen molar-refractivity contribution in [2.75, 3.05) is 20.8 Å². The molecule has 1 aliphatic rings. The van der Waals surface area contributed by atoms with Crippen LogP contribution < -0.4 is 9.47 Å². The van der Waals surface area contributed by atoms with Gasteiger partial charge in [0.1, 0.15) is 30.5 Å². The first-order valence-electron chi connectivity index (χ1n) is 10.4. The number of phosphoric ester groups is 1. The van der Waals surface area contributed by atoms with Crippen molar-refractivity contribution < 1.29 is 48.4 Å². The number of hydrogen-bond donors (Lipinski definition) is 5. The minimum atomic E-state index is -4.83. The molecule has 0 aromatic heterocycles. The molecule has 0 radical (unpaired) electrons. The summed E-state index contributed by atoms with van der Waals surface area (Å²) in [5.41, 5.74) is 2.07. The monoisotopic (exact) mass is 531 g/mol. The van der Waals surface area contributed by atoms with E-state index in [9.17, 15) is 25.1 Å². The zero-order valence-corrected chi connectivity index (χ0v) is 19.8. The number of nitrogens with zero attached hydrogens (tertiary/aromatic N) is 1. The van der Waals surface area contributed by atoms with E-state index in [-0.39, 0.29) is 29.6 Å². The number of rotatable bonds is 8. The van der Waals surface area contributed by atoms with Crippen LogP contribution in [0.3, 0.4) is 0 Å². The van der Waals surface area contributed by atoms with Crippen molar-refractivity contribution >= 4 is 49.0 Å². The summed E-state index contributed by atoms with van der Waals surface area (Å²) in [6.45, 7) is -0.691. The second-order valence-electron chi connectivity index (χ2n) is 7.76. The molecule has 0 spiro atoms. The van der Waals surface area contributed by atoms with Gasteiger partial charge in [-0.1, -0.05) is 24.3 Å². The van der Waals surface area contributed by atoms with Gasteiger partial charge in [-0.3, -0.25) is 4.52 Å². The molecule has 0 amide bonds. The number of aliphatic hydroxyl groups excluding tert-OH is 3. The second-order valence-corrected chi connectivity index (χ2v) is 9.00. The van der Waals surface area contributed by atoms with Crippen molar-refractivity contribution in [3.05, 3.63) is 59.2 Å². The summed E-state index contributed by atoms with van der Waals surface area (Å²) in [6, 6.07) is 13.8. The Morgan fingerprint density at radius 3 is 2.22 bits per heavy atom. The summed E-state index contributed by atoms with van der Waals surface area (Å²) in [4.78, 5) is 17.8. The first-order chi connectivity index (χ1) is 16.6. The predicted octanol–water partition coefficient (Wildman–Crippen LogP) is 0.751. The molecule has 0 bridgehead atoms. The van der Waals surface area contributed by atoms with Gasteiger partial charge in [0.25, 0.3) is 0 Å². The summed E-state index contributed by atoms with van der Waals surface area (Å²) in [6.07, 6.45) is -5.49. The third kappa shape index (κ3) is 7.38. The summed E-state index contributed by atoms with van der Waals surface area (Å²) in [7, 11) is -1.82. The van der Waals surface area contributed by atoms with E-state index in [0.29, 0.717) is 33.8 Å². The SMILES string of the molecule is COc1ccc(/C(C#N)=C/c2ccc([C@@H]3O[C@H](COP(=O)(O)O)[C@@H](O)[C@H](O)[C@H]3O)cc2)cc1OC.[NaH]. The van der Waals surface area contributed by atoms with E-state index >= 15 is 0 Å². The number of hydrogen-bond acceptors (Lipinski definition) is 9. The van der Waals surface area contributed by atoms with Crippen LogP contribution >= 0.6 is 7.82 Å². The van der Waals surface area contributed by atoms with Crippen LogP contribution in [0.2, 0.25) is 0 Å². The molecule has 0 unspecified atom stereocenters. The van der Waals surface area contributed by atoms with E-state index in [1.165, 1.54) is 14.2 Å². The average molecular weight is 531 g/mol. The van der Waals surface area contributed by atoms with Crippen LogP contribution in [0.1, 0.15) is 22.8 Å². The number of benzene rings is 2. The molecule has 5 N–H and O–H groups in total. The molecule has 5 atom stereocenters. The van der Waals surface area contributed by atoms with E-state index in [1.54, 1.807) is 48.5 Å². The fraction of sp³-hybridized carbons (Fsp3) is 0.348.